The summed E-state index contributed by atoms with van der Waals surface area (Å²) < 4.78 is 33.0. The Kier molecular flexibility index (Phi) is 17.4. The van der Waals surface area contributed by atoms with Crippen LogP contribution in [0.25, 0.3) is 0 Å². The molecule has 0 unspecified atom stereocenters. The monoisotopic (exact) mass is 906 g/mol. The molecule has 6 aromatic carbocycles. The molecule has 12 nitrogen and oxygen atoms in total. The van der Waals surface area contributed by atoms with E-state index in [0.29, 0.717) is 37.9 Å². The van der Waals surface area contributed by atoms with Crippen LogP contribution in [0, 0.1) is 0 Å². The van der Waals surface area contributed by atoms with Crippen LogP contribution in [0.2, 0.25) is 0 Å². The van der Waals surface area contributed by atoms with Crippen molar-refractivity contribution in [2.24, 2.45) is 0 Å². The van der Waals surface area contributed by atoms with Crippen molar-refractivity contribution in [3.63, 3.8) is 0 Å². The van der Waals surface area contributed by atoms with E-state index in [1.54, 1.807) is 26.4 Å². The average molecular weight is 908 g/mol. The number of ether oxygens (including phenoxy) is 6. The first-order chi connectivity index (χ1) is 29.6. The maximum Gasteiger partial charge on any atom is 2.00 e. The van der Waals surface area contributed by atoms with E-state index in [0.717, 1.165) is 45.3 Å². The van der Waals surface area contributed by atoms with Crippen LogP contribution in [0.15, 0.2) is 133 Å². The number of carboxylic acid groups (broad SMARTS) is 2. The third-order valence-electron chi connectivity index (χ3n) is 10.4. The number of methoxy groups -OCH3 is 2. The van der Waals surface area contributed by atoms with Gasteiger partial charge in [0, 0.05) is 10.8 Å². The molecule has 0 radical (unpaired) electrons. The molecule has 0 saturated carbocycles. The summed E-state index contributed by atoms with van der Waals surface area (Å²) in [5.74, 6) is 1.02. The van der Waals surface area contributed by atoms with Gasteiger partial charge < -0.3 is 48.8 Å². The van der Waals surface area contributed by atoms with Crippen LogP contribution in [-0.4, -0.2) is 62.8 Å². The van der Waals surface area contributed by atoms with Crippen LogP contribution in [-0.2, 0) is 30.3 Å². The molecule has 0 heterocycles. The Bertz CT molecular complexity index is 2220. The standard InChI is InChI=1S/2C25H26O6.Zn/c2*1-25(2,18-6-13-23(26)22(16-18)24(27)28)17-4-7-20(8-5-17)30-14-15-31-21-11-9-19(29-3)10-12-21;/h2*4-13,16,26H,14-15H2,1-3H3,(H,27,28);/q;;+2/p-2. The number of benzene rings is 6. The van der Waals surface area contributed by atoms with Gasteiger partial charge in [-0.1, -0.05) is 87.7 Å². The third-order valence-corrected chi connectivity index (χ3v) is 10.4. The van der Waals surface area contributed by atoms with E-state index in [4.69, 9.17) is 28.4 Å². The van der Waals surface area contributed by atoms with Crippen molar-refractivity contribution in [3.05, 3.63) is 167 Å². The van der Waals surface area contributed by atoms with Gasteiger partial charge in [0.2, 0.25) is 0 Å². The van der Waals surface area contributed by atoms with Crippen molar-refractivity contribution in [1.82, 2.24) is 0 Å². The molecule has 324 valence electrons. The van der Waals surface area contributed by atoms with E-state index in [2.05, 4.69) is 0 Å². The van der Waals surface area contributed by atoms with Gasteiger partial charge in [-0.2, -0.15) is 0 Å². The fraction of sp³-hybridized carbons (Fsp3) is 0.240. The minimum atomic E-state index is -1.22. The number of aromatic carboxylic acids is 2. The average Bonchev–Trinajstić information content (AvgIpc) is 3.27. The van der Waals surface area contributed by atoms with E-state index in [1.165, 1.54) is 24.3 Å². The summed E-state index contributed by atoms with van der Waals surface area (Å²) in [5.41, 5.74) is 2.07. The van der Waals surface area contributed by atoms with Crippen molar-refractivity contribution in [1.29, 1.82) is 0 Å². The predicted molar refractivity (Wildman–Crippen MR) is 231 cm³/mol. The predicted octanol–water partition coefficient (Wildman–Crippen LogP) is 8.50. The van der Waals surface area contributed by atoms with Gasteiger partial charge in [0.25, 0.3) is 0 Å². The Morgan fingerprint density at radius 3 is 0.921 bits per heavy atom. The van der Waals surface area contributed by atoms with E-state index >= 15 is 0 Å². The fourth-order valence-electron chi connectivity index (χ4n) is 6.42. The second-order valence-electron chi connectivity index (χ2n) is 15.1. The van der Waals surface area contributed by atoms with Gasteiger partial charge in [0.1, 0.15) is 60.9 Å². The first-order valence-electron chi connectivity index (χ1n) is 19.7. The molecule has 0 aliphatic carbocycles. The van der Waals surface area contributed by atoms with Crippen LogP contribution < -0.4 is 38.6 Å². The van der Waals surface area contributed by atoms with Gasteiger partial charge >= 0.3 is 31.4 Å². The molecular weight excluding hydrogens is 858 g/mol. The molecule has 0 saturated heterocycles. The molecule has 0 aliphatic heterocycles. The Morgan fingerprint density at radius 2 is 0.667 bits per heavy atom. The SMILES string of the molecule is COc1ccc(OCCOc2ccc(C(C)(C)c3ccc([O-])c(C(=O)O)c3)cc2)cc1.COc1ccc(OCCOc2ccc(C(C)(C)c3ccc([O-])c(C(=O)O)c3)cc2)cc1.[Zn+2]. The Morgan fingerprint density at radius 1 is 0.429 bits per heavy atom. The quantitative estimate of drug-likeness (QED) is 0.0622. The molecule has 6 rings (SSSR count). The molecule has 0 atom stereocenters. The summed E-state index contributed by atoms with van der Waals surface area (Å²) in [6, 6.07) is 38.8. The fourth-order valence-corrected chi connectivity index (χ4v) is 6.42. The van der Waals surface area contributed by atoms with Crippen molar-refractivity contribution in [3.8, 4) is 46.0 Å². The summed E-state index contributed by atoms with van der Waals surface area (Å²) in [6.07, 6.45) is 0. The van der Waals surface area contributed by atoms with E-state index < -0.39 is 34.3 Å². The number of hydrogen-bond donors (Lipinski definition) is 2. The molecule has 6 aromatic rings. The maximum atomic E-state index is 11.8. The van der Waals surface area contributed by atoms with Gasteiger partial charge in [0.05, 0.1) is 25.3 Å². The largest absolute Gasteiger partial charge is 2.00 e. The van der Waals surface area contributed by atoms with E-state index in [1.807, 2.05) is 125 Å². The summed E-state index contributed by atoms with van der Waals surface area (Å²) in [6.45, 7) is 9.52. The first kappa shape index (κ1) is 48.9. The Labute approximate surface area is 380 Å². The maximum absolute atomic E-state index is 11.8. The minimum absolute atomic E-state index is 0. The van der Waals surface area contributed by atoms with Gasteiger partial charge in [-0.05, 0) is 107 Å². The zero-order valence-electron chi connectivity index (χ0n) is 36.2. The zero-order valence-corrected chi connectivity index (χ0v) is 39.2. The van der Waals surface area contributed by atoms with Crippen LogP contribution in [0.5, 0.6) is 46.0 Å². The summed E-state index contributed by atoms with van der Waals surface area (Å²) in [5, 5.41) is 42.0. The molecule has 63 heavy (non-hydrogen) atoms. The van der Waals surface area contributed by atoms with Gasteiger partial charge in [-0.25, -0.2) is 9.59 Å². The Hall–Kier alpha value is -6.72. The van der Waals surface area contributed by atoms with E-state index in [-0.39, 0.29) is 30.6 Å². The number of rotatable bonds is 18. The zero-order chi connectivity index (χ0) is 44.9. The van der Waals surface area contributed by atoms with Crippen molar-refractivity contribution >= 4 is 11.9 Å². The number of carbonyl (C=O) groups is 2. The van der Waals surface area contributed by atoms with Crippen LogP contribution >= 0.6 is 0 Å². The van der Waals surface area contributed by atoms with Crippen LogP contribution in [0.4, 0.5) is 0 Å². The van der Waals surface area contributed by atoms with Crippen molar-refractivity contribution in [2.45, 2.75) is 38.5 Å². The second-order valence-corrected chi connectivity index (χ2v) is 15.1. The van der Waals surface area contributed by atoms with Crippen molar-refractivity contribution in [2.75, 3.05) is 40.6 Å². The van der Waals surface area contributed by atoms with Gasteiger partial charge in [-0.3, -0.25) is 0 Å². The van der Waals surface area contributed by atoms with Crippen molar-refractivity contribution < 1.29 is 77.9 Å². The number of carboxylic acids is 2. The molecule has 2 N–H and O–H groups in total. The molecular formula is C50H50O12Zn. The van der Waals surface area contributed by atoms with Gasteiger partial charge in [-0.15, -0.1) is 0 Å². The molecule has 13 heteroatoms. The molecule has 0 amide bonds. The van der Waals surface area contributed by atoms with E-state index in [9.17, 15) is 30.0 Å². The molecule has 0 spiro atoms. The van der Waals surface area contributed by atoms with Gasteiger partial charge in [0.15, 0.2) is 0 Å². The molecule has 0 fully saturated rings. The smallest absolute Gasteiger partial charge is 0.872 e. The first-order valence-corrected chi connectivity index (χ1v) is 19.7. The topological polar surface area (TPSA) is 176 Å². The summed E-state index contributed by atoms with van der Waals surface area (Å²) in [4.78, 5) is 22.6. The van der Waals surface area contributed by atoms with Crippen LogP contribution in [0.3, 0.4) is 0 Å². The second kappa shape index (κ2) is 22.4. The third kappa shape index (κ3) is 13.1. The Balaban J connectivity index is 0.000000272. The molecule has 0 bridgehead atoms. The molecule has 0 aromatic heterocycles. The summed E-state index contributed by atoms with van der Waals surface area (Å²) in [7, 11) is 3.23. The van der Waals surface area contributed by atoms with Crippen LogP contribution in [0.1, 0.15) is 70.7 Å². The molecule has 0 aliphatic rings. The normalized spacial score (nSPS) is 10.9. The minimum Gasteiger partial charge on any atom is -0.872 e. The number of hydrogen-bond acceptors (Lipinski definition) is 10. The summed E-state index contributed by atoms with van der Waals surface area (Å²) >= 11 is 0.